The Morgan fingerprint density at radius 3 is 1.96 bits per heavy atom. The summed E-state index contributed by atoms with van der Waals surface area (Å²) in [6, 6.07) is 0. The van der Waals surface area contributed by atoms with E-state index in [0.29, 0.717) is 32.1 Å². The number of esters is 2. The molecule has 3 N–H and O–H groups in total. The lowest BCUT2D eigenvalue weighted by Crippen LogP contribution is -2.29. The number of aliphatic hydroxyl groups excluding tert-OH is 1. The van der Waals surface area contributed by atoms with Crippen LogP contribution in [0.2, 0.25) is 0 Å². The second-order valence-corrected chi connectivity index (χ2v) is 16.8. The first kappa shape index (κ1) is 50.9. The van der Waals surface area contributed by atoms with Crippen molar-refractivity contribution in [2.75, 3.05) is 13.2 Å². The number of allylic oxidation sites excluding steroid dienone is 5. The molecule has 0 fully saturated rings. The van der Waals surface area contributed by atoms with Crippen LogP contribution in [0.15, 0.2) is 36.5 Å². The summed E-state index contributed by atoms with van der Waals surface area (Å²) in [5.74, 6) is -0.396. The molecule has 0 aliphatic heterocycles. The first-order chi connectivity index (χ1) is 26.4. The number of ketones is 1. The molecule has 1 aliphatic carbocycles. The molecule has 1 unspecified atom stereocenters. The molecule has 0 amide bonds. The Bertz CT molecular complexity index is 1150. The fourth-order valence-electron chi connectivity index (χ4n) is 6.69. The SMILES string of the molecule is CCCCC[C@H](O)/C=C/[C@H]1C(=O)C=C[C@@H]1C/C=C\CCCC(=O)O[C@H](COC(=O)CCCCCCCCCCCCCCCCC(C)CC)COP(=O)(O)O. The monoisotopic (exact) mass is 797 g/mol. The molecule has 0 spiro atoms. The van der Waals surface area contributed by atoms with E-state index in [0.717, 1.165) is 44.4 Å². The maximum atomic E-state index is 12.5. The Hall–Kier alpha value is -2.10. The quantitative estimate of drug-likeness (QED) is 0.0241. The van der Waals surface area contributed by atoms with Crippen LogP contribution in [0.1, 0.15) is 181 Å². The van der Waals surface area contributed by atoms with Crippen molar-refractivity contribution in [1.82, 2.24) is 0 Å². The number of carbonyl (C=O) groups is 3. The molecule has 10 nitrogen and oxygen atoms in total. The van der Waals surface area contributed by atoms with Gasteiger partial charge in [-0.3, -0.25) is 18.9 Å². The standard InChI is InChI=1S/C44H77O10P/c1-4-6-21-28-39(45)32-33-41-38(31-34-42(41)46)27-23-19-20-25-30-44(48)54-40(36-53-55(49,50)51)35-52-43(47)29-24-18-16-14-12-10-8-7-9-11-13-15-17-22-26-37(3)5-2/h19,23,31-34,37-41,45H,4-18,20-22,24-30,35-36H2,1-3H3,(H2,49,50,51)/b23-19-,33-32+/t37?,38-,39-,40+,41+/m0/s1. The van der Waals surface area contributed by atoms with E-state index in [1.807, 2.05) is 24.3 Å². The van der Waals surface area contributed by atoms with Crippen LogP contribution in [-0.2, 0) is 32.9 Å². The number of phosphoric ester groups is 1. The summed E-state index contributed by atoms with van der Waals surface area (Å²) in [6.07, 6.45) is 34.9. The van der Waals surface area contributed by atoms with Crippen LogP contribution in [0, 0.1) is 17.8 Å². The fraction of sp³-hybridized carbons (Fsp3) is 0.795. The van der Waals surface area contributed by atoms with E-state index in [4.69, 9.17) is 19.3 Å². The topological polar surface area (TPSA) is 157 Å². The first-order valence-corrected chi connectivity index (χ1v) is 23.3. The molecule has 0 aromatic heterocycles. The molecule has 5 atom stereocenters. The molecule has 1 rings (SSSR count). The third-order valence-corrected chi connectivity index (χ3v) is 10.9. The van der Waals surface area contributed by atoms with E-state index in [2.05, 4.69) is 25.3 Å². The summed E-state index contributed by atoms with van der Waals surface area (Å²) in [4.78, 5) is 55.4. The van der Waals surface area contributed by atoms with Gasteiger partial charge in [-0.25, -0.2) is 4.57 Å². The molecule has 11 heteroatoms. The largest absolute Gasteiger partial charge is 0.469 e. The second kappa shape index (κ2) is 32.9. The van der Waals surface area contributed by atoms with Crippen LogP contribution in [0.25, 0.3) is 0 Å². The number of hydrogen-bond donors (Lipinski definition) is 3. The van der Waals surface area contributed by atoms with Gasteiger partial charge in [0.1, 0.15) is 6.61 Å². The van der Waals surface area contributed by atoms with Gasteiger partial charge in [0.05, 0.1) is 12.7 Å². The van der Waals surface area contributed by atoms with Crippen molar-refractivity contribution in [2.24, 2.45) is 17.8 Å². The Morgan fingerprint density at radius 2 is 1.36 bits per heavy atom. The normalized spacial score (nSPS) is 17.7. The highest BCUT2D eigenvalue weighted by Crippen LogP contribution is 2.36. The van der Waals surface area contributed by atoms with Gasteiger partial charge in [-0.05, 0) is 50.0 Å². The van der Waals surface area contributed by atoms with Crippen LogP contribution in [0.5, 0.6) is 0 Å². The average molecular weight is 797 g/mol. The van der Waals surface area contributed by atoms with E-state index in [9.17, 15) is 24.1 Å². The van der Waals surface area contributed by atoms with Gasteiger partial charge < -0.3 is 24.4 Å². The summed E-state index contributed by atoms with van der Waals surface area (Å²) in [5.41, 5.74) is 0. The van der Waals surface area contributed by atoms with Crippen LogP contribution in [-0.4, -0.2) is 58.0 Å². The van der Waals surface area contributed by atoms with Gasteiger partial charge in [0.15, 0.2) is 11.9 Å². The van der Waals surface area contributed by atoms with E-state index < -0.39 is 38.6 Å². The third-order valence-electron chi connectivity index (χ3n) is 10.4. The third kappa shape index (κ3) is 29.8. The number of aliphatic hydroxyl groups is 1. The van der Waals surface area contributed by atoms with Crippen LogP contribution in [0.3, 0.4) is 0 Å². The average Bonchev–Trinajstić information content (AvgIpc) is 3.50. The van der Waals surface area contributed by atoms with Crippen molar-refractivity contribution in [1.29, 1.82) is 0 Å². The number of carbonyl (C=O) groups excluding carboxylic acids is 3. The molecule has 0 aromatic rings. The molecule has 0 heterocycles. The number of rotatable bonds is 36. The van der Waals surface area contributed by atoms with Gasteiger partial charge in [0.25, 0.3) is 0 Å². The Morgan fingerprint density at radius 1 is 0.782 bits per heavy atom. The van der Waals surface area contributed by atoms with Gasteiger partial charge in [-0.1, -0.05) is 167 Å². The fourth-order valence-corrected chi connectivity index (χ4v) is 7.05. The summed E-state index contributed by atoms with van der Waals surface area (Å²) < 4.78 is 26.4. The second-order valence-electron chi connectivity index (χ2n) is 15.6. The molecule has 1 aliphatic rings. The Labute approximate surface area is 333 Å². The molecule has 0 aromatic carbocycles. The molecule has 55 heavy (non-hydrogen) atoms. The minimum absolute atomic E-state index is 0.0173. The van der Waals surface area contributed by atoms with E-state index in [-0.39, 0.29) is 37.1 Å². The molecular weight excluding hydrogens is 719 g/mol. The van der Waals surface area contributed by atoms with Crippen molar-refractivity contribution in [3.8, 4) is 0 Å². The van der Waals surface area contributed by atoms with Crippen molar-refractivity contribution in [3.05, 3.63) is 36.5 Å². The van der Waals surface area contributed by atoms with Crippen molar-refractivity contribution >= 4 is 25.5 Å². The lowest BCUT2D eigenvalue weighted by molar-refractivity contribution is -0.161. The summed E-state index contributed by atoms with van der Waals surface area (Å²) in [6.45, 7) is 5.80. The highest BCUT2D eigenvalue weighted by molar-refractivity contribution is 7.46. The molecule has 318 valence electrons. The molecule has 0 saturated carbocycles. The Balaban J connectivity index is 2.22. The number of phosphoric acid groups is 1. The Kier molecular flexibility index (Phi) is 30.5. The van der Waals surface area contributed by atoms with Crippen LogP contribution in [0.4, 0.5) is 0 Å². The van der Waals surface area contributed by atoms with Gasteiger partial charge in [0.2, 0.25) is 0 Å². The molecule has 0 bridgehead atoms. The minimum Gasteiger partial charge on any atom is -0.462 e. The van der Waals surface area contributed by atoms with E-state index in [1.54, 1.807) is 12.2 Å². The van der Waals surface area contributed by atoms with Crippen molar-refractivity contribution in [2.45, 2.75) is 193 Å². The summed E-state index contributed by atoms with van der Waals surface area (Å²) in [5, 5.41) is 10.2. The van der Waals surface area contributed by atoms with Gasteiger partial charge in [-0.15, -0.1) is 0 Å². The van der Waals surface area contributed by atoms with Gasteiger partial charge in [-0.2, -0.15) is 0 Å². The van der Waals surface area contributed by atoms with Gasteiger partial charge >= 0.3 is 19.8 Å². The number of hydrogen-bond acceptors (Lipinski definition) is 8. The van der Waals surface area contributed by atoms with Gasteiger partial charge in [0, 0.05) is 18.8 Å². The van der Waals surface area contributed by atoms with Crippen LogP contribution < -0.4 is 0 Å². The lowest BCUT2D eigenvalue weighted by Gasteiger charge is -2.18. The zero-order valence-electron chi connectivity index (χ0n) is 34.6. The predicted octanol–water partition coefficient (Wildman–Crippen LogP) is 10.8. The smallest absolute Gasteiger partial charge is 0.462 e. The van der Waals surface area contributed by atoms with E-state index in [1.165, 1.54) is 77.0 Å². The highest BCUT2D eigenvalue weighted by atomic mass is 31.2. The predicted molar refractivity (Wildman–Crippen MR) is 220 cm³/mol. The summed E-state index contributed by atoms with van der Waals surface area (Å²) in [7, 11) is -4.81. The number of unbranched alkanes of at least 4 members (excludes halogenated alkanes) is 16. The first-order valence-electron chi connectivity index (χ1n) is 21.7. The maximum Gasteiger partial charge on any atom is 0.469 e. The molecule has 0 saturated heterocycles. The van der Waals surface area contributed by atoms with E-state index >= 15 is 0 Å². The minimum atomic E-state index is -4.81. The lowest BCUT2D eigenvalue weighted by atomic mass is 9.90. The molecular formula is C44H77O10P. The highest BCUT2D eigenvalue weighted by Gasteiger charge is 2.27. The zero-order chi connectivity index (χ0) is 40.6. The van der Waals surface area contributed by atoms with Crippen molar-refractivity contribution in [3.63, 3.8) is 0 Å². The maximum absolute atomic E-state index is 12.5. The van der Waals surface area contributed by atoms with Crippen LogP contribution >= 0.6 is 7.82 Å². The summed E-state index contributed by atoms with van der Waals surface area (Å²) >= 11 is 0. The zero-order valence-corrected chi connectivity index (χ0v) is 35.5. The van der Waals surface area contributed by atoms with Crippen molar-refractivity contribution < 1.29 is 47.8 Å². The molecule has 0 radical (unpaired) electrons. The number of ether oxygens (including phenoxy) is 2.